The van der Waals surface area contributed by atoms with Crippen molar-refractivity contribution in [3.8, 4) is 0 Å². The number of ether oxygens (including phenoxy) is 1. The first kappa shape index (κ1) is 8.36. The molecule has 0 aromatic carbocycles. The normalized spacial score (nSPS) is 12.1. The van der Waals surface area contributed by atoms with Gasteiger partial charge in [0.1, 0.15) is 0 Å². The highest BCUT2D eigenvalue weighted by atomic mass is 32.2. The molecule has 9 heavy (non-hydrogen) atoms. The van der Waals surface area contributed by atoms with Gasteiger partial charge in [-0.3, -0.25) is 4.21 Å². The van der Waals surface area contributed by atoms with Crippen LogP contribution in [0.3, 0.4) is 0 Å². The Labute approximate surface area is 56.2 Å². The zero-order valence-electron chi connectivity index (χ0n) is 5.12. The van der Waals surface area contributed by atoms with E-state index in [-0.39, 0.29) is 5.94 Å². The minimum atomic E-state index is -1.08. The largest absolute Gasteiger partial charge is 0.449 e. The lowest BCUT2D eigenvalue weighted by Crippen LogP contribution is -2.05. The van der Waals surface area contributed by atoms with E-state index < -0.39 is 16.8 Å². The summed E-state index contributed by atoms with van der Waals surface area (Å²) in [6.07, 6.45) is 2.49. The summed E-state index contributed by atoms with van der Waals surface area (Å²) in [7, 11) is -1.08. The van der Waals surface area contributed by atoms with Gasteiger partial charge in [-0.1, -0.05) is 6.58 Å². The Balaban J connectivity index is 3.39. The first-order chi connectivity index (χ1) is 4.16. The van der Waals surface area contributed by atoms with Crippen molar-refractivity contribution in [2.45, 2.75) is 0 Å². The third kappa shape index (κ3) is 5.23. The molecule has 52 valence electrons. The van der Waals surface area contributed by atoms with Crippen molar-refractivity contribution in [3.63, 3.8) is 0 Å². The highest BCUT2D eigenvalue weighted by Crippen LogP contribution is 1.80. The lowest BCUT2D eigenvalue weighted by molar-refractivity contribution is -0.135. The third-order valence-corrected chi connectivity index (χ3v) is 0.984. The van der Waals surface area contributed by atoms with Gasteiger partial charge in [0, 0.05) is 12.3 Å². The maximum atomic E-state index is 10.3. The van der Waals surface area contributed by atoms with Crippen molar-refractivity contribution in [3.05, 3.63) is 12.7 Å². The van der Waals surface area contributed by atoms with Gasteiger partial charge in [-0.05, 0) is 0 Å². The first-order valence-corrected chi connectivity index (χ1v) is 3.98. The Morgan fingerprint density at radius 1 is 1.89 bits per heavy atom. The number of esters is 1. The van der Waals surface area contributed by atoms with Crippen molar-refractivity contribution < 1.29 is 13.7 Å². The minimum Gasteiger partial charge on any atom is -0.449 e. The van der Waals surface area contributed by atoms with Crippen LogP contribution in [0.2, 0.25) is 0 Å². The molecule has 0 bridgehead atoms. The topological polar surface area (TPSA) is 43.4 Å². The summed E-state index contributed by atoms with van der Waals surface area (Å²) in [6, 6.07) is 0. The summed E-state index contributed by atoms with van der Waals surface area (Å²) < 4.78 is 14.7. The fraction of sp³-hybridized carbons (Fsp3) is 0.400. The van der Waals surface area contributed by atoms with Crippen LogP contribution in [0.1, 0.15) is 0 Å². The van der Waals surface area contributed by atoms with Crippen molar-refractivity contribution in [2.24, 2.45) is 0 Å². The fourth-order valence-corrected chi connectivity index (χ4v) is 0.482. The molecule has 0 spiro atoms. The van der Waals surface area contributed by atoms with Crippen LogP contribution in [0.15, 0.2) is 12.7 Å². The van der Waals surface area contributed by atoms with Gasteiger partial charge in [0.2, 0.25) is 0 Å². The van der Waals surface area contributed by atoms with Crippen LogP contribution >= 0.6 is 0 Å². The summed E-state index contributed by atoms with van der Waals surface area (Å²) >= 11 is 0. The maximum Gasteiger partial charge on any atom is 0.331 e. The van der Waals surface area contributed by atoms with Gasteiger partial charge < -0.3 is 4.74 Å². The second kappa shape index (κ2) is 4.26. The molecular formula is C5H8O3S. The molecule has 0 radical (unpaired) electrons. The van der Waals surface area contributed by atoms with E-state index in [1.165, 1.54) is 6.26 Å². The van der Waals surface area contributed by atoms with Crippen LogP contribution in [0.5, 0.6) is 0 Å². The molecular weight excluding hydrogens is 140 g/mol. The fourth-order valence-electron chi connectivity index (χ4n) is 0.200. The Morgan fingerprint density at radius 3 is 2.78 bits per heavy atom. The highest BCUT2D eigenvalue weighted by Gasteiger charge is 1.94. The average Bonchev–Trinajstić information content (AvgIpc) is 1.83. The Kier molecular flexibility index (Phi) is 3.96. The summed E-state index contributed by atoms with van der Waals surface area (Å²) in [5, 5.41) is 0. The van der Waals surface area contributed by atoms with Crippen molar-refractivity contribution >= 4 is 16.8 Å². The van der Waals surface area contributed by atoms with Crippen molar-refractivity contribution in [1.29, 1.82) is 0 Å². The zero-order valence-corrected chi connectivity index (χ0v) is 5.94. The van der Waals surface area contributed by atoms with Gasteiger partial charge in [-0.15, -0.1) is 0 Å². The van der Waals surface area contributed by atoms with E-state index in [1.807, 2.05) is 0 Å². The second-order valence-electron chi connectivity index (χ2n) is 1.36. The predicted molar refractivity (Wildman–Crippen MR) is 35.2 cm³/mol. The molecule has 3 nitrogen and oxygen atoms in total. The molecule has 1 unspecified atom stereocenters. The molecule has 0 amide bonds. The van der Waals surface area contributed by atoms with Crippen LogP contribution in [0.4, 0.5) is 0 Å². The standard InChI is InChI=1S/C5H8O3S/c1-3-5(6)8-4-9(2)7/h3H,1,4H2,2H3. The van der Waals surface area contributed by atoms with Crippen LogP contribution in [0.25, 0.3) is 0 Å². The molecule has 0 fully saturated rings. The van der Waals surface area contributed by atoms with Gasteiger partial charge in [0.05, 0.1) is 10.8 Å². The molecule has 0 aromatic heterocycles. The minimum absolute atomic E-state index is 0.0507. The van der Waals surface area contributed by atoms with Crippen molar-refractivity contribution in [1.82, 2.24) is 0 Å². The quantitative estimate of drug-likeness (QED) is 0.419. The van der Waals surface area contributed by atoms with E-state index in [1.54, 1.807) is 0 Å². The molecule has 1 atom stereocenters. The molecule has 0 N–H and O–H groups in total. The summed E-state index contributed by atoms with van der Waals surface area (Å²) in [4.78, 5) is 10.2. The van der Waals surface area contributed by atoms with Crippen LogP contribution in [-0.4, -0.2) is 22.4 Å². The number of hydrogen-bond donors (Lipinski definition) is 0. The van der Waals surface area contributed by atoms with E-state index in [0.717, 1.165) is 6.08 Å². The van der Waals surface area contributed by atoms with E-state index in [9.17, 15) is 9.00 Å². The molecule has 0 rings (SSSR count). The second-order valence-corrected chi connectivity index (χ2v) is 2.74. The SMILES string of the molecule is C=CC(=O)OCS(C)=O. The van der Waals surface area contributed by atoms with E-state index in [4.69, 9.17) is 0 Å². The monoisotopic (exact) mass is 148 g/mol. The van der Waals surface area contributed by atoms with E-state index >= 15 is 0 Å². The average molecular weight is 148 g/mol. The highest BCUT2D eigenvalue weighted by molar-refractivity contribution is 7.84. The molecule has 0 aromatic rings. The Morgan fingerprint density at radius 2 is 2.44 bits per heavy atom. The van der Waals surface area contributed by atoms with Crippen LogP contribution in [-0.2, 0) is 20.3 Å². The summed E-state index contributed by atoms with van der Waals surface area (Å²) in [5.41, 5.74) is 0. The van der Waals surface area contributed by atoms with Gasteiger partial charge in [-0.2, -0.15) is 0 Å². The maximum absolute atomic E-state index is 10.3. The van der Waals surface area contributed by atoms with Gasteiger partial charge >= 0.3 is 5.97 Å². The van der Waals surface area contributed by atoms with E-state index in [0.29, 0.717) is 0 Å². The Hall–Kier alpha value is -0.640. The summed E-state index contributed by atoms with van der Waals surface area (Å²) in [5.74, 6) is -0.588. The number of hydrogen-bond acceptors (Lipinski definition) is 3. The van der Waals surface area contributed by atoms with Gasteiger partial charge in [0.25, 0.3) is 0 Å². The lowest BCUT2D eigenvalue weighted by Gasteiger charge is -1.95. The molecule has 0 heterocycles. The zero-order chi connectivity index (χ0) is 7.28. The summed E-state index contributed by atoms with van der Waals surface area (Å²) in [6.45, 7) is 3.17. The van der Waals surface area contributed by atoms with Gasteiger partial charge in [-0.25, -0.2) is 4.79 Å². The smallest absolute Gasteiger partial charge is 0.331 e. The number of rotatable bonds is 3. The Bertz CT molecular complexity index is 141. The van der Waals surface area contributed by atoms with Crippen LogP contribution < -0.4 is 0 Å². The molecule has 4 heteroatoms. The van der Waals surface area contributed by atoms with Crippen LogP contribution in [0, 0.1) is 0 Å². The number of carbonyl (C=O) groups excluding carboxylic acids is 1. The molecule has 0 aliphatic carbocycles. The molecule has 0 saturated heterocycles. The first-order valence-electron chi connectivity index (χ1n) is 2.26. The molecule has 0 aliphatic rings. The molecule has 0 aliphatic heterocycles. The number of carbonyl (C=O) groups is 1. The van der Waals surface area contributed by atoms with E-state index in [2.05, 4.69) is 11.3 Å². The molecule has 0 saturated carbocycles. The third-order valence-electron chi connectivity index (χ3n) is 0.534. The van der Waals surface area contributed by atoms with Gasteiger partial charge in [0.15, 0.2) is 5.94 Å². The van der Waals surface area contributed by atoms with Crippen molar-refractivity contribution in [2.75, 3.05) is 12.2 Å². The lowest BCUT2D eigenvalue weighted by atomic mass is 10.7. The predicted octanol–water partition coefficient (Wildman–Crippen LogP) is 0.0516.